The molecule has 2 aromatic carbocycles. The Kier molecular flexibility index (Phi) is 14.9. The topological polar surface area (TPSA) is 179 Å². The van der Waals surface area contributed by atoms with Crippen LogP contribution in [-0.4, -0.2) is 81.5 Å². The summed E-state index contributed by atoms with van der Waals surface area (Å²) in [6, 6.07) is 12.4. The summed E-state index contributed by atoms with van der Waals surface area (Å²) in [5, 5.41) is 15.1. The largest absolute Gasteiger partial charge is 0.355 e. The molecule has 15 heteroatoms. The molecule has 1 heterocycles. The van der Waals surface area contributed by atoms with Gasteiger partial charge in [-0.05, 0) is 80.6 Å². The first-order valence-electron chi connectivity index (χ1n) is 16.7. The smallest absolute Gasteiger partial charge is 0.251 e. The van der Waals surface area contributed by atoms with Gasteiger partial charge < -0.3 is 26.6 Å². The van der Waals surface area contributed by atoms with E-state index in [-0.39, 0.29) is 41.1 Å². The first kappa shape index (κ1) is 40.9. The molecule has 3 rings (SSSR count). The van der Waals surface area contributed by atoms with Crippen LogP contribution in [0.25, 0.3) is 0 Å². The van der Waals surface area contributed by atoms with Crippen molar-refractivity contribution in [3.63, 3.8) is 0 Å². The van der Waals surface area contributed by atoms with Gasteiger partial charge in [0.2, 0.25) is 21.8 Å². The summed E-state index contributed by atoms with van der Waals surface area (Å²) in [6.07, 6.45) is 4.65. The number of anilines is 1. The number of likely N-dealkylation sites (N-methyl/N-ethyl adjacent to an activating group) is 1. The summed E-state index contributed by atoms with van der Waals surface area (Å²) in [5.41, 5.74) is 1.81. The van der Waals surface area contributed by atoms with Gasteiger partial charge in [0, 0.05) is 54.7 Å². The molecule has 0 aliphatic rings. The van der Waals surface area contributed by atoms with E-state index >= 15 is 0 Å². The zero-order chi connectivity index (χ0) is 37.9. The lowest BCUT2D eigenvalue weighted by molar-refractivity contribution is -0.130. The van der Waals surface area contributed by atoms with E-state index in [2.05, 4.69) is 31.6 Å². The predicted octanol–water partition coefficient (Wildman–Crippen LogP) is 3.22. The van der Waals surface area contributed by atoms with Crippen LogP contribution in [-0.2, 0) is 26.0 Å². The van der Waals surface area contributed by atoms with Gasteiger partial charge in [-0.3, -0.25) is 28.5 Å². The third-order valence-corrected chi connectivity index (χ3v) is 9.64. The van der Waals surface area contributed by atoms with Crippen LogP contribution in [0.5, 0.6) is 0 Å². The van der Waals surface area contributed by atoms with E-state index in [0.717, 1.165) is 21.7 Å². The minimum atomic E-state index is -3.75. The average molecular weight is 742 g/mol. The summed E-state index contributed by atoms with van der Waals surface area (Å²) < 4.78 is 26.0. The van der Waals surface area contributed by atoms with Crippen LogP contribution in [0.1, 0.15) is 72.5 Å². The number of hydrogen-bond acceptors (Lipinski definition) is 8. The second-order valence-electron chi connectivity index (χ2n) is 12.7. The van der Waals surface area contributed by atoms with E-state index in [9.17, 15) is 27.6 Å². The number of benzene rings is 2. The van der Waals surface area contributed by atoms with Crippen molar-refractivity contribution in [1.29, 1.82) is 0 Å². The molecule has 0 unspecified atom stereocenters. The molecule has 5 N–H and O–H groups in total. The predicted molar refractivity (Wildman–Crippen MR) is 199 cm³/mol. The number of pyridine rings is 1. The molecule has 0 bridgehead atoms. The van der Waals surface area contributed by atoms with Crippen molar-refractivity contribution in [3.05, 3.63) is 94.3 Å². The van der Waals surface area contributed by atoms with E-state index in [1.165, 1.54) is 25.2 Å². The molecule has 4 amide bonds. The molecule has 0 aliphatic heterocycles. The molecule has 0 fully saturated rings. The summed E-state index contributed by atoms with van der Waals surface area (Å²) >= 11 is 6.14. The summed E-state index contributed by atoms with van der Waals surface area (Å²) in [6.45, 7) is 9.51. The Labute approximate surface area is 305 Å². The number of hydrogen-bond donors (Lipinski definition) is 5. The first-order valence-corrected chi connectivity index (χ1v) is 18.9. The highest BCUT2D eigenvalue weighted by Gasteiger charge is 2.27. The fourth-order valence-electron chi connectivity index (χ4n) is 5.14. The molecule has 51 heavy (non-hydrogen) atoms. The lowest BCUT2D eigenvalue weighted by Crippen LogP contribution is -2.55. The van der Waals surface area contributed by atoms with E-state index in [0.29, 0.717) is 18.0 Å². The zero-order valence-corrected chi connectivity index (χ0v) is 31.6. The molecule has 0 aliphatic carbocycles. The highest BCUT2D eigenvalue weighted by atomic mass is 35.5. The van der Waals surface area contributed by atoms with Gasteiger partial charge in [0.1, 0.15) is 6.04 Å². The zero-order valence-electron chi connectivity index (χ0n) is 30.0. The van der Waals surface area contributed by atoms with Crippen LogP contribution >= 0.6 is 11.6 Å². The van der Waals surface area contributed by atoms with Gasteiger partial charge in [0.15, 0.2) is 0 Å². The van der Waals surface area contributed by atoms with Crippen LogP contribution in [0.4, 0.5) is 5.69 Å². The van der Waals surface area contributed by atoms with Crippen LogP contribution < -0.4 is 30.9 Å². The molecule has 0 spiro atoms. The normalized spacial score (nSPS) is 13.7. The van der Waals surface area contributed by atoms with Gasteiger partial charge >= 0.3 is 0 Å². The van der Waals surface area contributed by atoms with Gasteiger partial charge in [-0.25, -0.2) is 8.42 Å². The van der Waals surface area contributed by atoms with Gasteiger partial charge in [-0.1, -0.05) is 43.6 Å². The Morgan fingerprint density at radius 1 is 0.882 bits per heavy atom. The van der Waals surface area contributed by atoms with Gasteiger partial charge in [0.05, 0.1) is 24.0 Å². The van der Waals surface area contributed by atoms with Crippen molar-refractivity contribution in [2.45, 2.75) is 65.2 Å². The van der Waals surface area contributed by atoms with E-state index in [4.69, 9.17) is 11.6 Å². The van der Waals surface area contributed by atoms with Crippen molar-refractivity contribution in [2.24, 2.45) is 5.92 Å². The Morgan fingerprint density at radius 2 is 1.55 bits per heavy atom. The minimum Gasteiger partial charge on any atom is -0.355 e. The molecule has 1 aromatic heterocycles. The fourth-order valence-corrected chi connectivity index (χ4v) is 5.83. The van der Waals surface area contributed by atoms with Crippen molar-refractivity contribution in [2.75, 3.05) is 30.7 Å². The summed E-state index contributed by atoms with van der Waals surface area (Å²) in [5.74, 6) is -1.90. The van der Waals surface area contributed by atoms with Gasteiger partial charge in [-0.2, -0.15) is 0 Å². The Hall–Kier alpha value is -4.53. The number of amides is 4. The number of rotatable bonds is 17. The average Bonchev–Trinajstić information content (AvgIpc) is 3.08. The lowest BCUT2D eigenvalue weighted by atomic mass is 10.0. The molecule has 4 atom stereocenters. The third-order valence-electron chi connectivity index (χ3n) is 8.20. The number of carbonyl (C=O) groups excluding carboxylic acids is 4. The number of sulfonamides is 1. The Balaban J connectivity index is 1.87. The molecule has 0 radical (unpaired) electrons. The molecule has 3 aromatic rings. The van der Waals surface area contributed by atoms with Crippen molar-refractivity contribution in [3.8, 4) is 0 Å². The van der Waals surface area contributed by atoms with Gasteiger partial charge in [-0.15, -0.1) is 0 Å². The second-order valence-corrected chi connectivity index (χ2v) is 15.2. The number of halogens is 1. The molecule has 13 nitrogen and oxygen atoms in total. The molecule has 0 saturated heterocycles. The summed E-state index contributed by atoms with van der Waals surface area (Å²) in [4.78, 5) is 57.1. The van der Waals surface area contributed by atoms with Crippen LogP contribution in [0.2, 0.25) is 5.02 Å². The maximum Gasteiger partial charge on any atom is 0.251 e. The highest BCUT2D eigenvalue weighted by molar-refractivity contribution is 7.92. The number of nitrogens with one attached hydrogen (secondary N) is 5. The van der Waals surface area contributed by atoms with E-state index in [1.54, 1.807) is 57.4 Å². The minimum absolute atomic E-state index is 0.0484. The molecular formula is C36H48ClN7O6S. The van der Waals surface area contributed by atoms with Crippen LogP contribution in [0, 0.1) is 5.92 Å². The van der Waals surface area contributed by atoms with Crippen LogP contribution in [0.15, 0.2) is 67.0 Å². The number of aromatic nitrogens is 1. The second kappa shape index (κ2) is 18.6. The maximum absolute atomic E-state index is 13.9. The van der Waals surface area contributed by atoms with E-state index in [1.807, 2.05) is 26.0 Å². The quantitative estimate of drug-likeness (QED) is 0.140. The monoisotopic (exact) mass is 741 g/mol. The number of carbonyl (C=O) groups is 4. The summed E-state index contributed by atoms with van der Waals surface area (Å²) in [7, 11) is -2.42. The van der Waals surface area contributed by atoms with Crippen molar-refractivity contribution >= 4 is 50.9 Å². The van der Waals surface area contributed by atoms with Crippen molar-refractivity contribution < 1.29 is 27.6 Å². The fraction of sp³-hybridized carbons (Fsp3) is 0.417. The van der Waals surface area contributed by atoms with E-state index < -0.39 is 46.0 Å². The van der Waals surface area contributed by atoms with Gasteiger partial charge in [0.25, 0.3) is 11.8 Å². The SMILES string of the molecule is CCNC(=O)[C@@H](NC(=O)[C@H](C)NC[C@H](Cc1cccnc1)NC(=O)c1cc(C(=O)N[C@H](C)c2cccc(Cl)c2)cc(N(C)S(C)(=O)=O)c1)C(C)C. The Bertz CT molecular complexity index is 1790. The molecular weight excluding hydrogens is 694 g/mol. The van der Waals surface area contributed by atoms with Crippen molar-refractivity contribution in [1.82, 2.24) is 31.6 Å². The Morgan fingerprint density at radius 3 is 2.12 bits per heavy atom. The van der Waals surface area contributed by atoms with Crippen LogP contribution in [0.3, 0.4) is 0 Å². The number of nitrogens with zero attached hydrogens (tertiary/aromatic N) is 2. The molecule has 0 saturated carbocycles. The third kappa shape index (κ3) is 12.3. The first-order chi connectivity index (χ1) is 24.0. The highest BCUT2D eigenvalue weighted by Crippen LogP contribution is 2.23. The maximum atomic E-state index is 13.9. The lowest BCUT2D eigenvalue weighted by Gasteiger charge is -2.25. The standard InChI is InChI=1S/C36H48ClN7O6S/c1-8-39-36(48)32(22(2)3)43-33(45)24(5)40-21-30(15-25-11-10-14-38-20-25)42-35(47)28-16-27(18-31(19-28)44(6)51(7,49)50)34(46)41-23(4)26-12-9-13-29(37)17-26/h9-14,16-20,22-24,30,32,40H,8,15,21H2,1-7H3,(H,39,48)(H,41,46)(H,42,47)(H,43,45)/t23-,24+,30+,32+/m1/s1. The molecule has 276 valence electrons.